The van der Waals surface area contributed by atoms with Gasteiger partial charge in [0.15, 0.2) is 0 Å². The van der Waals surface area contributed by atoms with Crippen LogP contribution in [0.25, 0.3) is 0 Å². The van der Waals surface area contributed by atoms with Gasteiger partial charge in [0.1, 0.15) is 6.04 Å². The van der Waals surface area contributed by atoms with E-state index in [2.05, 4.69) is 86.6 Å². The molecule has 51 heavy (non-hydrogen) atoms. The van der Waals surface area contributed by atoms with E-state index in [9.17, 15) is 19.2 Å². The van der Waals surface area contributed by atoms with Gasteiger partial charge in [-0.15, -0.1) is 6.58 Å². The van der Waals surface area contributed by atoms with E-state index in [0.29, 0.717) is 50.0 Å². The van der Waals surface area contributed by atoms with E-state index in [0.717, 1.165) is 63.5 Å². The molecule has 4 unspecified atom stereocenters. The minimum Gasteiger partial charge on any atom is -0.367 e. The summed E-state index contributed by atoms with van der Waals surface area (Å²) < 4.78 is 0. The molecule has 3 amide bonds. The Morgan fingerprint density at radius 2 is 1.69 bits per heavy atom. The Hall–Kier alpha value is -3.56. The lowest BCUT2D eigenvalue weighted by Gasteiger charge is -2.43. The van der Waals surface area contributed by atoms with Crippen molar-refractivity contribution in [3.05, 3.63) is 49.6 Å². The largest absolute Gasteiger partial charge is 0.367 e. The average Bonchev–Trinajstić information content (AvgIpc) is 3.58. The number of hydrogen-bond donors (Lipinski definition) is 4. The molecule has 2 heterocycles. The van der Waals surface area contributed by atoms with Crippen molar-refractivity contribution in [2.24, 2.45) is 22.7 Å². The maximum atomic E-state index is 14.0. The van der Waals surface area contributed by atoms with Gasteiger partial charge >= 0.3 is 0 Å². The fraction of sp³-hybridized carbons (Fsp3) is 0.707. The van der Waals surface area contributed by atoms with Gasteiger partial charge in [0, 0.05) is 43.4 Å². The first-order chi connectivity index (χ1) is 24.2. The van der Waals surface area contributed by atoms with Crippen molar-refractivity contribution in [2.75, 3.05) is 19.6 Å². The third-order valence-corrected chi connectivity index (χ3v) is 12.0. The molecule has 0 aromatic heterocycles. The van der Waals surface area contributed by atoms with Crippen LogP contribution in [0.4, 0.5) is 0 Å². The number of hydrogen-bond acceptors (Lipinski definition) is 7. The summed E-state index contributed by atoms with van der Waals surface area (Å²) >= 11 is 0. The second-order valence-electron chi connectivity index (χ2n) is 16.9. The quantitative estimate of drug-likeness (QED) is 0.107. The van der Waals surface area contributed by atoms with E-state index in [4.69, 9.17) is 0 Å². The normalized spacial score (nSPS) is 23.4. The highest BCUT2D eigenvalue weighted by atomic mass is 16.2. The number of carbonyl (C=O) groups is 4. The van der Waals surface area contributed by atoms with Gasteiger partial charge in [-0.25, -0.2) is 0 Å². The van der Waals surface area contributed by atoms with Crippen LogP contribution in [-0.2, 0) is 19.2 Å². The van der Waals surface area contributed by atoms with Crippen LogP contribution in [0, 0.1) is 22.7 Å². The Labute approximate surface area is 307 Å². The van der Waals surface area contributed by atoms with Crippen molar-refractivity contribution in [1.82, 2.24) is 31.1 Å². The molecular weight excluding hydrogens is 640 g/mol. The molecule has 2 aliphatic carbocycles. The standard InChI is InChI=1S/C41H66N6O4/c1-9-22-42-39(51)37(49)32(25-30-16-14-17-30)45-38(50)33-20-15-23-47(33)28(3)36(31-18-12-11-13-19-31)44-29(4)43-34-27-46(24-21-41(34,7)8)35(48)26-40(5,6)10-2/h9,21,24,30-34,36,43-44H,1,3-4,10-20,22-23,25-27H2,2,5-8H3,(H,42,51)(H,45,50). The Morgan fingerprint density at radius 1 is 0.980 bits per heavy atom. The van der Waals surface area contributed by atoms with Gasteiger partial charge in [0.05, 0.1) is 23.9 Å². The molecule has 10 nitrogen and oxygen atoms in total. The molecule has 0 bridgehead atoms. The first-order valence-electron chi connectivity index (χ1n) is 19.5. The lowest BCUT2D eigenvalue weighted by atomic mass is 9.80. The second kappa shape index (κ2) is 17.8. The first-order valence-corrected chi connectivity index (χ1v) is 19.5. The highest BCUT2D eigenvalue weighted by Gasteiger charge is 2.40. The smallest absolute Gasteiger partial charge is 0.289 e. The molecular formula is C41H66N6O4. The predicted molar refractivity (Wildman–Crippen MR) is 204 cm³/mol. The van der Waals surface area contributed by atoms with Crippen LogP contribution in [0.1, 0.15) is 118 Å². The number of nitrogens with one attached hydrogen (secondary N) is 4. The summed E-state index contributed by atoms with van der Waals surface area (Å²) in [5.74, 6) is -0.0538. The first kappa shape index (κ1) is 40.2. The van der Waals surface area contributed by atoms with Gasteiger partial charge in [-0.1, -0.05) is 105 Å². The number of rotatable bonds is 18. The summed E-state index contributed by atoms with van der Waals surface area (Å²) in [6, 6.07) is -1.53. The third kappa shape index (κ3) is 10.7. The molecule has 0 aromatic carbocycles. The van der Waals surface area contributed by atoms with E-state index in [-0.39, 0.29) is 41.3 Å². The van der Waals surface area contributed by atoms with Crippen LogP contribution in [0.2, 0.25) is 0 Å². The van der Waals surface area contributed by atoms with Crippen LogP contribution < -0.4 is 21.3 Å². The van der Waals surface area contributed by atoms with Crippen molar-refractivity contribution in [3.8, 4) is 0 Å². The number of amides is 3. The molecule has 0 aromatic rings. The fourth-order valence-electron chi connectivity index (χ4n) is 7.86. The topological polar surface area (TPSA) is 123 Å². The molecule has 4 rings (SSSR count). The van der Waals surface area contributed by atoms with Crippen LogP contribution in [0.15, 0.2) is 49.6 Å². The van der Waals surface area contributed by atoms with Crippen LogP contribution >= 0.6 is 0 Å². The van der Waals surface area contributed by atoms with Crippen molar-refractivity contribution in [3.63, 3.8) is 0 Å². The lowest BCUT2D eigenvalue weighted by molar-refractivity contribution is -0.140. The van der Waals surface area contributed by atoms with E-state index in [1.807, 2.05) is 11.1 Å². The van der Waals surface area contributed by atoms with Crippen molar-refractivity contribution in [1.29, 1.82) is 0 Å². The molecule has 2 saturated carbocycles. The Bertz CT molecular complexity index is 1330. The van der Waals surface area contributed by atoms with E-state index in [1.165, 1.54) is 12.5 Å². The van der Waals surface area contributed by atoms with E-state index >= 15 is 0 Å². The van der Waals surface area contributed by atoms with Gasteiger partial charge < -0.3 is 31.1 Å². The molecule has 0 radical (unpaired) electrons. The van der Waals surface area contributed by atoms with Crippen LogP contribution in [0.5, 0.6) is 0 Å². The Morgan fingerprint density at radius 3 is 2.31 bits per heavy atom. The minimum absolute atomic E-state index is 0.0586. The number of ketones is 1. The summed E-state index contributed by atoms with van der Waals surface area (Å²) in [5.41, 5.74) is 0.582. The number of carbonyl (C=O) groups excluding carboxylic acids is 4. The van der Waals surface area contributed by atoms with Crippen molar-refractivity contribution < 1.29 is 19.2 Å². The Balaban J connectivity index is 1.46. The summed E-state index contributed by atoms with van der Waals surface area (Å²) in [6.07, 6.45) is 17.7. The SMILES string of the molecule is C=CCNC(=O)C(=O)C(CC1CCC1)NC(=O)C1CCCN1C(=C)C(NC(=C)NC1CN(C(=O)CC(C)(C)CC)C=CC1(C)C)C1CCCCC1. The molecule has 3 fully saturated rings. The van der Waals surface area contributed by atoms with Gasteiger partial charge in [0.2, 0.25) is 17.6 Å². The minimum atomic E-state index is -0.855. The number of nitrogens with zero attached hydrogens (tertiary/aromatic N) is 2. The molecule has 10 heteroatoms. The lowest BCUT2D eigenvalue weighted by Crippen LogP contribution is -2.56. The number of likely N-dealkylation sites (tertiary alicyclic amines) is 1. The maximum absolute atomic E-state index is 14.0. The van der Waals surface area contributed by atoms with E-state index in [1.54, 1.807) is 0 Å². The Kier molecular flexibility index (Phi) is 14.0. The fourth-order valence-corrected chi connectivity index (χ4v) is 7.86. The van der Waals surface area contributed by atoms with Gasteiger partial charge in [0.25, 0.3) is 5.91 Å². The number of Topliss-reactive ketones (excluding diaryl/α,β-unsaturated/α-hetero) is 1. The second-order valence-corrected chi connectivity index (χ2v) is 16.9. The molecule has 4 atom stereocenters. The molecule has 1 saturated heterocycles. The average molecular weight is 707 g/mol. The molecule has 4 aliphatic rings. The summed E-state index contributed by atoms with van der Waals surface area (Å²) in [7, 11) is 0. The summed E-state index contributed by atoms with van der Waals surface area (Å²) in [5, 5.41) is 12.9. The molecule has 4 N–H and O–H groups in total. The molecule has 284 valence electrons. The summed E-state index contributed by atoms with van der Waals surface area (Å²) in [4.78, 5) is 57.1. The zero-order chi connectivity index (χ0) is 37.3. The zero-order valence-electron chi connectivity index (χ0n) is 32.2. The van der Waals surface area contributed by atoms with Crippen molar-refractivity contribution in [2.45, 2.75) is 142 Å². The maximum Gasteiger partial charge on any atom is 0.289 e. The predicted octanol–water partition coefficient (Wildman–Crippen LogP) is 5.69. The van der Waals surface area contributed by atoms with Crippen LogP contribution in [-0.4, -0.2) is 77.1 Å². The highest BCUT2D eigenvalue weighted by molar-refractivity contribution is 6.38. The van der Waals surface area contributed by atoms with Gasteiger partial charge in [-0.3, -0.25) is 19.2 Å². The monoisotopic (exact) mass is 707 g/mol. The molecule has 0 spiro atoms. The van der Waals surface area contributed by atoms with Crippen molar-refractivity contribution >= 4 is 23.5 Å². The summed E-state index contributed by atoms with van der Waals surface area (Å²) in [6.45, 7) is 24.8. The van der Waals surface area contributed by atoms with Crippen LogP contribution in [0.3, 0.4) is 0 Å². The highest BCUT2D eigenvalue weighted by Crippen LogP contribution is 2.35. The van der Waals surface area contributed by atoms with E-state index < -0.39 is 23.8 Å². The molecule has 2 aliphatic heterocycles. The third-order valence-electron chi connectivity index (χ3n) is 12.0. The van der Waals surface area contributed by atoms with Gasteiger partial charge in [-0.05, 0) is 49.4 Å². The van der Waals surface area contributed by atoms with Gasteiger partial charge in [-0.2, -0.15) is 0 Å². The zero-order valence-corrected chi connectivity index (χ0v) is 32.2.